The average molecular weight is 292 g/mol. The minimum atomic E-state index is -1.01. The van der Waals surface area contributed by atoms with Crippen molar-refractivity contribution in [3.05, 3.63) is 53.2 Å². The summed E-state index contributed by atoms with van der Waals surface area (Å²) in [7, 11) is 0. The van der Waals surface area contributed by atoms with Gasteiger partial charge in [0.1, 0.15) is 0 Å². The molecule has 5 heteroatoms. The molecule has 1 aromatic heterocycles. The number of halogens is 2. The lowest BCUT2D eigenvalue weighted by atomic mass is 10.2. The van der Waals surface area contributed by atoms with Crippen LogP contribution >= 0.6 is 0 Å². The molecule has 2 aromatic rings. The molecule has 3 nitrogen and oxygen atoms in total. The van der Waals surface area contributed by atoms with Crippen LogP contribution in [0.5, 0.6) is 11.6 Å². The zero-order valence-corrected chi connectivity index (χ0v) is 12.1. The summed E-state index contributed by atoms with van der Waals surface area (Å²) in [5.41, 5.74) is 1.75. The molecule has 0 atom stereocenters. The van der Waals surface area contributed by atoms with Crippen LogP contribution in [0.25, 0.3) is 0 Å². The van der Waals surface area contributed by atoms with E-state index in [4.69, 9.17) is 4.74 Å². The highest BCUT2D eigenvalue weighted by Crippen LogP contribution is 2.25. The van der Waals surface area contributed by atoms with E-state index in [0.29, 0.717) is 6.54 Å². The Morgan fingerprint density at radius 1 is 1.24 bits per heavy atom. The van der Waals surface area contributed by atoms with Crippen molar-refractivity contribution in [3.63, 3.8) is 0 Å². The molecule has 112 valence electrons. The smallest absolute Gasteiger partial charge is 0.219 e. The van der Waals surface area contributed by atoms with Gasteiger partial charge in [-0.1, -0.05) is 13.0 Å². The van der Waals surface area contributed by atoms with Crippen molar-refractivity contribution in [2.24, 2.45) is 0 Å². The van der Waals surface area contributed by atoms with Crippen molar-refractivity contribution in [2.45, 2.75) is 26.8 Å². The number of pyridine rings is 1. The Labute approximate surface area is 123 Å². The normalized spacial score (nSPS) is 10.7. The van der Waals surface area contributed by atoms with Gasteiger partial charge in [-0.05, 0) is 43.7 Å². The van der Waals surface area contributed by atoms with E-state index in [1.807, 2.05) is 13.0 Å². The molecule has 21 heavy (non-hydrogen) atoms. The first-order valence-electron chi connectivity index (χ1n) is 6.90. The molecule has 0 saturated heterocycles. The van der Waals surface area contributed by atoms with E-state index in [-0.39, 0.29) is 11.6 Å². The quantitative estimate of drug-likeness (QED) is 0.818. The van der Waals surface area contributed by atoms with E-state index < -0.39 is 11.6 Å². The summed E-state index contributed by atoms with van der Waals surface area (Å²) in [5, 5.41) is 3.27. The number of aromatic nitrogens is 1. The van der Waals surface area contributed by atoms with Gasteiger partial charge in [0.05, 0.1) is 0 Å². The fraction of sp³-hybridized carbons (Fsp3) is 0.312. The summed E-state index contributed by atoms with van der Waals surface area (Å²) in [5.74, 6) is -1.86. The number of nitrogens with zero attached hydrogens (tertiary/aromatic N) is 1. The van der Waals surface area contributed by atoms with Gasteiger partial charge in [0.2, 0.25) is 11.7 Å². The Bertz CT molecular complexity index is 617. The number of rotatable bonds is 6. The highest BCUT2D eigenvalue weighted by Gasteiger charge is 2.11. The zero-order chi connectivity index (χ0) is 15.2. The summed E-state index contributed by atoms with van der Waals surface area (Å²) >= 11 is 0. The van der Waals surface area contributed by atoms with Crippen LogP contribution < -0.4 is 10.1 Å². The SMILES string of the molecule is CCCNCc1cc(C)nc(Oc2cccc(F)c2F)c1. The van der Waals surface area contributed by atoms with Crippen LogP contribution in [0.3, 0.4) is 0 Å². The van der Waals surface area contributed by atoms with Crippen molar-refractivity contribution >= 4 is 0 Å². The molecule has 2 rings (SSSR count). The Kier molecular flexibility index (Phi) is 5.22. The van der Waals surface area contributed by atoms with Gasteiger partial charge in [-0.2, -0.15) is 4.39 Å². The molecular formula is C16H18F2N2O. The van der Waals surface area contributed by atoms with Crippen LogP contribution in [-0.4, -0.2) is 11.5 Å². The maximum atomic E-state index is 13.6. The maximum Gasteiger partial charge on any atom is 0.219 e. The third-order valence-electron chi connectivity index (χ3n) is 2.88. The first-order chi connectivity index (χ1) is 10.1. The second kappa shape index (κ2) is 7.13. The average Bonchev–Trinajstić information content (AvgIpc) is 2.44. The lowest BCUT2D eigenvalue weighted by Gasteiger charge is -2.10. The third kappa shape index (κ3) is 4.23. The standard InChI is InChI=1S/C16H18F2N2O/c1-3-7-19-10-12-8-11(2)20-15(9-12)21-14-6-4-5-13(17)16(14)18/h4-6,8-9,19H,3,7,10H2,1-2H3. The van der Waals surface area contributed by atoms with Gasteiger partial charge in [-0.15, -0.1) is 0 Å². The Morgan fingerprint density at radius 2 is 2.05 bits per heavy atom. The van der Waals surface area contributed by atoms with Gasteiger partial charge in [0, 0.05) is 18.3 Å². The van der Waals surface area contributed by atoms with Crippen molar-refractivity contribution in [2.75, 3.05) is 6.54 Å². The van der Waals surface area contributed by atoms with Crippen LogP contribution in [0.4, 0.5) is 8.78 Å². The molecule has 0 spiro atoms. The molecule has 0 radical (unpaired) electrons. The van der Waals surface area contributed by atoms with Gasteiger partial charge < -0.3 is 10.1 Å². The summed E-state index contributed by atoms with van der Waals surface area (Å²) in [6.07, 6.45) is 1.04. The maximum absolute atomic E-state index is 13.6. The molecule has 0 saturated carbocycles. The van der Waals surface area contributed by atoms with Crippen LogP contribution in [0, 0.1) is 18.6 Å². The molecule has 1 N–H and O–H groups in total. The Balaban J connectivity index is 2.17. The van der Waals surface area contributed by atoms with Crippen LogP contribution in [-0.2, 0) is 6.54 Å². The van der Waals surface area contributed by atoms with Crippen LogP contribution in [0.15, 0.2) is 30.3 Å². The number of hydrogen-bond acceptors (Lipinski definition) is 3. The minimum Gasteiger partial charge on any atom is -0.436 e. The fourth-order valence-electron chi connectivity index (χ4n) is 1.95. The molecule has 0 bridgehead atoms. The molecule has 1 aromatic carbocycles. The molecule has 0 amide bonds. The second-order valence-corrected chi connectivity index (χ2v) is 4.79. The second-order valence-electron chi connectivity index (χ2n) is 4.79. The third-order valence-corrected chi connectivity index (χ3v) is 2.88. The number of aryl methyl sites for hydroxylation is 1. The molecule has 0 aliphatic rings. The molecule has 0 aliphatic carbocycles. The van der Waals surface area contributed by atoms with Crippen LogP contribution in [0.1, 0.15) is 24.6 Å². The molecule has 0 unspecified atom stereocenters. The lowest BCUT2D eigenvalue weighted by molar-refractivity contribution is 0.404. The summed E-state index contributed by atoms with van der Waals surface area (Å²) in [6.45, 7) is 5.51. The van der Waals surface area contributed by atoms with E-state index in [1.165, 1.54) is 12.1 Å². The number of benzene rings is 1. The Morgan fingerprint density at radius 3 is 2.81 bits per heavy atom. The van der Waals surface area contributed by atoms with Crippen molar-refractivity contribution in [1.29, 1.82) is 0 Å². The molecule has 1 heterocycles. The van der Waals surface area contributed by atoms with E-state index in [0.717, 1.165) is 30.3 Å². The molecular weight excluding hydrogens is 274 g/mol. The minimum absolute atomic E-state index is 0.166. The van der Waals surface area contributed by atoms with Gasteiger partial charge in [0.15, 0.2) is 11.6 Å². The van der Waals surface area contributed by atoms with Gasteiger partial charge in [-0.25, -0.2) is 9.37 Å². The fourth-order valence-corrected chi connectivity index (χ4v) is 1.95. The monoisotopic (exact) mass is 292 g/mol. The predicted octanol–water partition coefficient (Wildman–Crippen LogP) is 3.96. The van der Waals surface area contributed by atoms with Crippen molar-refractivity contribution < 1.29 is 13.5 Å². The first-order valence-corrected chi connectivity index (χ1v) is 6.90. The zero-order valence-electron chi connectivity index (χ0n) is 12.1. The van der Waals surface area contributed by atoms with Crippen molar-refractivity contribution in [1.82, 2.24) is 10.3 Å². The largest absolute Gasteiger partial charge is 0.436 e. The molecule has 0 fully saturated rings. The highest BCUT2D eigenvalue weighted by molar-refractivity contribution is 5.32. The van der Waals surface area contributed by atoms with Gasteiger partial charge >= 0.3 is 0 Å². The van der Waals surface area contributed by atoms with Gasteiger partial charge in [0.25, 0.3) is 0 Å². The number of nitrogens with one attached hydrogen (secondary N) is 1. The Hall–Kier alpha value is -2.01. The van der Waals surface area contributed by atoms with E-state index in [1.54, 1.807) is 6.07 Å². The molecule has 0 aliphatic heterocycles. The number of hydrogen-bond donors (Lipinski definition) is 1. The van der Waals surface area contributed by atoms with Gasteiger partial charge in [-0.3, -0.25) is 0 Å². The van der Waals surface area contributed by atoms with Crippen LogP contribution in [0.2, 0.25) is 0 Å². The predicted molar refractivity (Wildman–Crippen MR) is 77.4 cm³/mol. The summed E-state index contributed by atoms with van der Waals surface area (Å²) < 4.78 is 32.1. The topological polar surface area (TPSA) is 34.2 Å². The van der Waals surface area contributed by atoms with E-state index in [2.05, 4.69) is 17.2 Å². The van der Waals surface area contributed by atoms with E-state index in [9.17, 15) is 8.78 Å². The lowest BCUT2D eigenvalue weighted by Crippen LogP contribution is -2.14. The first kappa shape index (κ1) is 15.4. The highest BCUT2D eigenvalue weighted by atomic mass is 19.2. The summed E-state index contributed by atoms with van der Waals surface area (Å²) in [6, 6.07) is 7.47. The summed E-state index contributed by atoms with van der Waals surface area (Å²) in [4.78, 5) is 4.19. The number of ether oxygens (including phenoxy) is 1. The van der Waals surface area contributed by atoms with Crippen molar-refractivity contribution in [3.8, 4) is 11.6 Å². The van der Waals surface area contributed by atoms with E-state index >= 15 is 0 Å².